The lowest BCUT2D eigenvalue weighted by Gasteiger charge is -2.18. The predicted octanol–water partition coefficient (Wildman–Crippen LogP) is 2.85. The average Bonchev–Trinajstić information content (AvgIpc) is 2.41. The van der Waals surface area contributed by atoms with Crippen LogP contribution in [0.15, 0.2) is 36.5 Å². The van der Waals surface area contributed by atoms with Gasteiger partial charge >= 0.3 is 0 Å². The van der Waals surface area contributed by atoms with Gasteiger partial charge in [0, 0.05) is 23.5 Å². The second kappa shape index (κ2) is 5.80. The van der Waals surface area contributed by atoms with Gasteiger partial charge in [0.05, 0.1) is 13.2 Å². The molecule has 100 valence electrons. The summed E-state index contributed by atoms with van der Waals surface area (Å²) in [5.74, 6) is 0.232. The Morgan fingerprint density at radius 1 is 1.26 bits per heavy atom. The molecule has 0 aliphatic rings. The summed E-state index contributed by atoms with van der Waals surface area (Å²) in [4.78, 5) is 4.16. The van der Waals surface area contributed by atoms with E-state index in [4.69, 9.17) is 4.74 Å². The molecule has 0 spiro atoms. The standard InChI is InChI=1S/C15H17FN2O/c1-10-8-11(6-7-18-10)15(17-2)13-5-4-12(19-3)9-14(13)16/h4-9,15,17H,1-3H3. The van der Waals surface area contributed by atoms with Crippen molar-refractivity contribution in [2.45, 2.75) is 13.0 Å². The van der Waals surface area contributed by atoms with Crippen molar-refractivity contribution in [3.63, 3.8) is 0 Å². The summed E-state index contributed by atoms with van der Waals surface area (Å²) in [5.41, 5.74) is 2.49. The molecule has 4 heteroatoms. The van der Waals surface area contributed by atoms with E-state index in [2.05, 4.69) is 10.3 Å². The van der Waals surface area contributed by atoms with E-state index < -0.39 is 0 Å². The Morgan fingerprint density at radius 2 is 2.05 bits per heavy atom. The van der Waals surface area contributed by atoms with Crippen molar-refractivity contribution in [2.24, 2.45) is 0 Å². The van der Waals surface area contributed by atoms with Gasteiger partial charge < -0.3 is 10.1 Å². The molecular weight excluding hydrogens is 243 g/mol. The van der Waals surface area contributed by atoms with Crippen molar-refractivity contribution >= 4 is 0 Å². The van der Waals surface area contributed by atoms with Crippen molar-refractivity contribution in [2.75, 3.05) is 14.2 Å². The number of aryl methyl sites for hydroxylation is 1. The maximum atomic E-state index is 14.1. The molecule has 0 saturated heterocycles. The van der Waals surface area contributed by atoms with E-state index in [0.717, 1.165) is 11.3 Å². The highest BCUT2D eigenvalue weighted by Crippen LogP contribution is 2.26. The van der Waals surface area contributed by atoms with Crippen LogP contribution in [0, 0.1) is 12.7 Å². The summed E-state index contributed by atoms with van der Waals surface area (Å²) < 4.78 is 19.1. The first-order chi connectivity index (χ1) is 9.15. The molecule has 0 radical (unpaired) electrons. The summed E-state index contributed by atoms with van der Waals surface area (Å²) in [6.07, 6.45) is 1.73. The number of nitrogens with zero attached hydrogens (tertiary/aromatic N) is 1. The maximum absolute atomic E-state index is 14.1. The minimum absolute atomic E-state index is 0.201. The topological polar surface area (TPSA) is 34.2 Å². The van der Waals surface area contributed by atoms with Gasteiger partial charge in [-0.2, -0.15) is 0 Å². The van der Waals surface area contributed by atoms with E-state index in [-0.39, 0.29) is 11.9 Å². The van der Waals surface area contributed by atoms with Crippen LogP contribution in [0.5, 0.6) is 5.75 Å². The number of hydrogen-bond acceptors (Lipinski definition) is 3. The van der Waals surface area contributed by atoms with Gasteiger partial charge in [-0.15, -0.1) is 0 Å². The van der Waals surface area contributed by atoms with Crippen LogP contribution in [0.3, 0.4) is 0 Å². The lowest BCUT2D eigenvalue weighted by Crippen LogP contribution is -2.19. The van der Waals surface area contributed by atoms with E-state index in [1.807, 2.05) is 26.1 Å². The van der Waals surface area contributed by atoms with Crippen molar-refractivity contribution in [1.82, 2.24) is 10.3 Å². The maximum Gasteiger partial charge on any atom is 0.132 e. The molecule has 0 saturated carbocycles. The van der Waals surface area contributed by atoms with Crippen LogP contribution in [0.4, 0.5) is 4.39 Å². The molecule has 1 aromatic heterocycles. The van der Waals surface area contributed by atoms with Gasteiger partial charge in [-0.3, -0.25) is 4.98 Å². The molecular formula is C15H17FN2O. The smallest absolute Gasteiger partial charge is 0.132 e. The predicted molar refractivity (Wildman–Crippen MR) is 72.8 cm³/mol. The Kier molecular flexibility index (Phi) is 4.12. The second-order valence-corrected chi connectivity index (χ2v) is 4.34. The fourth-order valence-electron chi connectivity index (χ4n) is 2.12. The lowest BCUT2D eigenvalue weighted by atomic mass is 9.98. The number of pyridine rings is 1. The first-order valence-electron chi connectivity index (χ1n) is 6.09. The minimum Gasteiger partial charge on any atom is -0.497 e. The zero-order valence-corrected chi connectivity index (χ0v) is 11.3. The summed E-state index contributed by atoms with van der Waals surface area (Å²) in [6.45, 7) is 1.92. The van der Waals surface area contributed by atoms with Crippen molar-refractivity contribution < 1.29 is 9.13 Å². The van der Waals surface area contributed by atoms with Crippen LogP contribution >= 0.6 is 0 Å². The summed E-state index contributed by atoms with van der Waals surface area (Å²) >= 11 is 0. The molecule has 1 atom stereocenters. The van der Waals surface area contributed by atoms with E-state index in [0.29, 0.717) is 11.3 Å². The molecule has 0 fully saturated rings. The molecule has 0 amide bonds. The molecule has 1 N–H and O–H groups in total. The summed E-state index contributed by atoms with van der Waals surface area (Å²) in [5, 5.41) is 3.13. The number of methoxy groups -OCH3 is 1. The van der Waals surface area contributed by atoms with Gasteiger partial charge in [0.25, 0.3) is 0 Å². The molecule has 0 aliphatic carbocycles. The van der Waals surface area contributed by atoms with Crippen LogP contribution < -0.4 is 10.1 Å². The Labute approximate surface area is 112 Å². The fraction of sp³-hybridized carbons (Fsp3) is 0.267. The third-order valence-corrected chi connectivity index (χ3v) is 3.06. The van der Waals surface area contributed by atoms with Gasteiger partial charge in [-0.25, -0.2) is 4.39 Å². The van der Waals surface area contributed by atoms with E-state index >= 15 is 0 Å². The molecule has 0 bridgehead atoms. The van der Waals surface area contributed by atoms with Crippen LogP contribution in [0.1, 0.15) is 22.9 Å². The van der Waals surface area contributed by atoms with Gasteiger partial charge in [0.1, 0.15) is 11.6 Å². The van der Waals surface area contributed by atoms with E-state index in [1.165, 1.54) is 13.2 Å². The molecule has 1 heterocycles. The Hall–Kier alpha value is -1.94. The zero-order chi connectivity index (χ0) is 13.8. The van der Waals surface area contributed by atoms with Crippen molar-refractivity contribution in [3.8, 4) is 5.75 Å². The van der Waals surface area contributed by atoms with Crippen molar-refractivity contribution in [3.05, 3.63) is 59.2 Å². The second-order valence-electron chi connectivity index (χ2n) is 4.34. The molecule has 1 aromatic carbocycles. The monoisotopic (exact) mass is 260 g/mol. The van der Waals surface area contributed by atoms with Crippen LogP contribution in [-0.4, -0.2) is 19.1 Å². The van der Waals surface area contributed by atoms with Crippen LogP contribution in [0.2, 0.25) is 0 Å². The number of ether oxygens (including phenoxy) is 1. The minimum atomic E-state index is -0.284. The Bertz CT molecular complexity index is 572. The Morgan fingerprint density at radius 3 is 2.63 bits per heavy atom. The molecule has 2 rings (SSSR count). The first-order valence-corrected chi connectivity index (χ1v) is 6.09. The number of nitrogens with one attached hydrogen (secondary N) is 1. The quantitative estimate of drug-likeness (QED) is 0.918. The SMILES string of the molecule is CNC(c1ccnc(C)c1)c1ccc(OC)cc1F. The Balaban J connectivity index is 2.42. The van der Waals surface area contributed by atoms with E-state index in [9.17, 15) is 4.39 Å². The molecule has 2 aromatic rings. The number of rotatable bonds is 4. The summed E-state index contributed by atoms with van der Waals surface area (Å²) in [6, 6.07) is 8.53. The number of aromatic nitrogens is 1. The number of hydrogen-bond donors (Lipinski definition) is 1. The highest BCUT2D eigenvalue weighted by atomic mass is 19.1. The third kappa shape index (κ3) is 2.90. The fourth-order valence-corrected chi connectivity index (χ4v) is 2.12. The first kappa shape index (κ1) is 13.5. The van der Waals surface area contributed by atoms with Crippen LogP contribution in [-0.2, 0) is 0 Å². The lowest BCUT2D eigenvalue weighted by molar-refractivity contribution is 0.410. The van der Waals surface area contributed by atoms with Crippen LogP contribution in [0.25, 0.3) is 0 Å². The normalized spacial score (nSPS) is 12.2. The third-order valence-electron chi connectivity index (χ3n) is 3.06. The zero-order valence-electron chi connectivity index (χ0n) is 11.3. The van der Waals surface area contributed by atoms with Crippen molar-refractivity contribution in [1.29, 1.82) is 0 Å². The molecule has 1 unspecified atom stereocenters. The highest BCUT2D eigenvalue weighted by molar-refractivity contribution is 5.36. The van der Waals surface area contributed by atoms with Gasteiger partial charge in [-0.1, -0.05) is 6.07 Å². The summed E-state index contributed by atoms with van der Waals surface area (Å²) in [7, 11) is 3.33. The molecule has 3 nitrogen and oxygen atoms in total. The number of benzene rings is 1. The number of halogens is 1. The van der Waals surface area contributed by atoms with E-state index in [1.54, 1.807) is 18.3 Å². The van der Waals surface area contributed by atoms with Gasteiger partial charge in [0.15, 0.2) is 0 Å². The molecule has 19 heavy (non-hydrogen) atoms. The largest absolute Gasteiger partial charge is 0.497 e. The highest BCUT2D eigenvalue weighted by Gasteiger charge is 2.16. The van der Waals surface area contributed by atoms with Gasteiger partial charge in [0.2, 0.25) is 0 Å². The average molecular weight is 260 g/mol. The molecule has 0 aliphatic heterocycles. The van der Waals surface area contributed by atoms with Gasteiger partial charge in [-0.05, 0) is 37.7 Å².